The normalized spacial score (nSPS) is 13.8. The number of rotatable bonds is 5. The number of nitrogens with two attached hydrogens (primary N) is 1. The van der Waals surface area contributed by atoms with Crippen LogP contribution in [0.15, 0.2) is 34.3 Å². The summed E-state index contributed by atoms with van der Waals surface area (Å²) in [6.07, 6.45) is 1.53. The van der Waals surface area contributed by atoms with Crippen LogP contribution in [0.4, 0.5) is 0 Å². The largest absolute Gasteiger partial charge is 0.409 e. The Kier molecular flexibility index (Phi) is 5.49. The Bertz CT molecular complexity index is 371. The van der Waals surface area contributed by atoms with Crippen molar-refractivity contribution in [1.82, 2.24) is 0 Å². The standard InChI is InChI=1S/C11H15ClN2OS/c1-2-9(7-11(13)14-15)16-10-5-3-4-8(12)6-10/h3-6,9,15H,2,7H2,1H3,(H2,13,14). The van der Waals surface area contributed by atoms with E-state index in [4.69, 9.17) is 22.5 Å². The first kappa shape index (κ1) is 13.2. The molecule has 0 aliphatic heterocycles. The van der Waals surface area contributed by atoms with Crippen molar-refractivity contribution >= 4 is 29.2 Å². The minimum atomic E-state index is 0.265. The molecule has 5 heteroatoms. The van der Waals surface area contributed by atoms with E-state index in [-0.39, 0.29) is 5.84 Å². The Labute approximate surface area is 105 Å². The summed E-state index contributed by atoms with van der Waals surface area (Å²) in [4.78, 5) is 1.10. The molecule has 0 bridgehead atoms. The van der Waals surface area contributed by atoms with E-state index in [0.29, 0.717) is 11.7 Å². The van der Waals surface area contributed by atoms with Crippen LogP contribution in [-0.4, -0.2) is 16.3 Å². The van der Waals surface area contributed by atoms with Gasteiger partial charge in [-0.1, -0.05) is 29.7 Å². The Balaban J connectivity index is 2.63. The van der Waals surface area contributed by atoms with Gasteiger partial charge < -0.3 is 10.9 Å². The van der Waals surface area contributed by atoms with Crippen LogP contribution >= 0.6 is 23.4 Å². The van der Waals surface area contributed by atoms with Crippen LogP contribution in [0.25, 0.3) is 0 Å². The number of oxime groups is 1. The van der Waals surface area contributed by atoms with Crippen LogP contribution in [0.5, 0.6) is 0 Å². The van der Waals surface area contributed by atoms with Crippen molar-refractivity contribution in [2.45, 2.75) is 29.9 Å². The third kappa shape index (κ3) is 4.33. The molecule has 1 rings (SSSR count). The van der Waals surface area contributed by atoms with Gasteiger partial charge in [0.25, 0.3) is 0 Å². The van der Waals surface area contributed by atoms with Crippen LogP contribution in [-0.2, 0) is 0 Å². The Hall–Kier alpha value is -0.870. The van der Waals surface area contributed by atoms with E-state index in [1.807, 2.05) is 24.3 Å². The maximum atomic E-state index is 8.52. The minimum absolute atomic E-state index is 0.265. The number of nitrogens with zero attached hydrogens (tertiary/aromatic N) is 1. The highest BCUT2D eigenvalue weighted by Gasteiger charge is 2.10. The molecule has 0 heterocycles. The zero-order valence-electron chi connectivity index (χ0n) is 9.06. The minimum Gasteiger partial charge on any atom is -0.409 e. The smallest absolute Gasteiger partial charge is 0.140 e. The predicted molar refractivity (Wildman–Crippen MR) is 69.4 cm³/mol. The van der Waals surface area contributed by atoms with Crippen molar-refractivity contribution in [3.63, 3.8) is 0 Å². The summed E-state index contributed by atoms with van der Waals surface area (Å²) in [5, 5.41) is 12.5. The predicted octanol–water partition coefficient (Wildman–Crippen LogP) is 3.35. The second-order valence-corrected chi connectivity index (χ2v) is 5.21. The molecule has 16 heavy (non-hydrogen) atoms. The lowest BCUT2D eigenvalue weighted by Crippen LogP contribution is -2.18. The summed E-state index contributed by atoms with van der Waals surface area (Å²) >= 11 is 7.59. The summed E-state index contributed by atoms with van der Waals surface area (Å²) in [6, 6.07) is 7.68. The van der Waals surface area contributed by atoms with E-state index in [1.54, 1.807) is 11.8 Å². The van der Waals surface area contributed by atoms with Crippen LogP contribution in [0, 0.1) is 0 Å². The second kappa shape index (κ2) is 6.66. The molecule has 1 aromatic rings. The summed E-state index contributed by atoms with van der Waals surface area (Å²) in [7, 11) is 0. The summed E-state index contributed by atoms with van der Waals surface area (Å²) < 4.78 is 0. The summed E-state index contributed by atoms with van der Waals surface area (Å²) in [5.74, 6) is 0.265. The fourth-order valence-electron chi connectivity index (χ4n) is 1.28. The molecule has 1 unspecified atom stereocenters. The molecule has 0 aromatic heterocycles. The van der Waals surface area contributed by atoms with Gasteiger partial charge in [-0.05, 0) is 24.6 Å². The molecule has 0 radical (unpaired) electrons. The first-order chi connectivity index (χ1) is 7.65. The van der Waals surface area contributed by atoms with Gasteiger partial charge in [-0.3, -0.25) is 0 Å². The maximum Gasteiger partial charge on any atom is 0.140 e. The fourth-order valence-corrected chi connectivity index (χ4v) is 2.69. The van der Waals surface area contributed by atoms with Crippen molar-refractivity contribution in [1.29, 1.82) is 0 Å². The van der Waals surface area contributed by atoms with Crippen LogP contribution < -0.4 is 5.73 Å². The van der Waals surface area contributed by atoms with Gasteiger partial charge >= 0.3 is 0 Å². The van der Waals surface area contributed by atoms with Gasteiger partial charge in [0.15, 0.2) is 0 Å². The monoisotopic (exact) mass is 258 g/mol. The van der Waals surface area contributed by atoms with Crippen molar-refractivity contribution in [3.05, 3.63) is 29.3 Å². The average molecular weight is 259 g/mol. The van der Waals surface area contributed by atoms with Crippen LogP contribution in [0.1, 0.15) is 19.8 Å². The Morgan fingerprint density at radius 1 is 1.62 bits per heavy atom. The van der Waals surface area contributed by atoms with Gasteiger partial charge in [0.1, 0.15) is 5.84 Å². The number of thioether (sulfide) groups is 1. The molecular weight excluding hydrogens is 244 g/mol. The Morgan fingerprint density at radius 2 is 2.38 bits per heavy atom. The lowest BCUT2D eigenvalue weighted by Gasteiger charge is -2.13. The highest BCUT2D eigenvalue weighted by Crippen LogP contribution is 2.29. The summed E-state index contributed by atoms with van der Waals surface area (Å²) in [6.45, 7) is 2.08. The number of amidine groups is 1. The molecular formula is C11H15ClN2OS. The second-order valence-electron chi connectivity index (χ2n) is 3.40. The molecule has 0 spiro atoms. The zero-order chi connectivity index (χ0) is 12.0. The molecule has 0 aliphatic carbocycles. The average Bonchev–Trinajstić information content (AvgIpc) is 2.28. The topological polar surface area (TPSA) is 58.6 Å². The lowest BCUT2D eigenvalue weighted by atomic mass is 10.2. The summed E-state index contributed by atoms with van der Waals surface area (Å²) in [5.41, 5.74) is 5.49. The van der Waals surface area contributed by atoms with Crippen LogP contribution in [0.2, 0.25) is 5.02 Å². The first-order valence-electron chi connectivity index (χ1n) is 5.04. The molecule has 0 aliphatic rings. The lowest BCUT2D eigenvalue weighted by molar-refractivity contribution is 0.316. The third-order valence-corrected chi connectivity index (χ3v) is 3.71. The molecule has 1 atom stereocenters. The molecule has 0 saturated carbocycles. The van der Waals surface area contributed by atoms with Gasteiger partial charge in [0.2, 0.25) is 0 Å². The highest BCUT2D eigenvalue weighted by molar-refractivity contribution is 8.00. The number of halogens is 1. The quantitative estimate of drug-likeness (QED) is 0.280. The fraction of sp³-hybridized carbons (Fsp3) is 0.364. The maximum absolute atomic E-state index is 8.52. The number of hydrogen-bond acceptors (Lipinski definition) is 3. The molecule has 0 amide bonds. The van der Waals surface area contributed by atoms with Gasteiger partial charge in [-0.15, -0.1) is 11.8 Å². The van der Waals surface area contributed by atoms with Crippen molar-refractivity contribution in [2.75, 3.05) is 0 Å². The Morgan fingerprint density at radius 3 is 2.94 bits per heavy atom. The van der Waals surface area contributed by atoms with Gasteiger partial charge in [-0.2, -0.15) is 0 Å². The SMILES string of the molecule is CCC(CC(N)=NO)Sc1cccc(Cl)c1. The molecule has 0 fully saturated rings. The molecule has 88 valence electrons. The van der Waals surface area contributed by atoms with E-state index < -0.39 is 0 Å². The van der Waals surface area contributed by atoms with Crippen molar-refractivity contribution < 1.29 is 5.21 Å². The van der Waals surface area contributed by atoms with E-state index in [0.717, 1.165) is 16.3 Å². The van der Waals surface area contributed by atoms with Gasteiger partial charge in [0.05, 0.1) is 0 Å². The zero-order valence-corrected chi connectivity index (χ0v) is 10.6. The van der Waals surface area contributed by atoms with Crippen molar-refractivity contribution in [3.8, 4) is 0 Å². The third-order valence-electron chi connectivity index (χ3n) is 2.12. The van der Waals surface area contributed by atoms with E-state index in [1.165, 1.54) is 0 Å². The first-order valence-corrected chi connectivity index (χ1v) is 6.30. The molecule has 1 aromatic carbocycles. The van der Waals surface area contributed by atoms with Crippen LogP contribution in [0.3, 0.4) is 0 Å². The van der Waals surface area contributed by atoms with Gasteiger partial charge in [0, 0.05) is 21.6 Å². The highest BCUT2D eigenvalue weighted by atomic mass is 35.5. The van der Waals surface area contributed by atoms with Gasteiger partial charge in [-0.25, -0.2) is 0 Å². The number of benzene rings is 1. The molecule has 3 nitrogen and oxygen atoms in total. The van der Waals surface area contributed by atoms with E-state index in [2.05, 4.69) is 12.1 Å². The van der Waals surface area contributed by atoms with E-state index in [9.17, 15) is 0 Å². The number of hydrogen-bond donors (Lipinski definition) is 2. The molecule has 0 saturated heterocycles. The van der Waals surface area contributed by atoms with E-state index >= 15 is 0 Å². The molecule has 3 N–H and O–H groups in total. The van der Waals surface area contributed by atoms with Crippen molar-refractivity contribution in [2.24, 2.45) is 10.9 Å².